The van der Waals surface area contributed by atoms with Crippen molar-refractivity contribution < 1.29 is 4.79 Å². The average molecular weight is 328 g/mol. The highest BCUT2D eigenvalue weighted by Gasteiger charge is 2.30. The fourth-order valence-electron chi connectivity index (χ4n) is 2.72. The molecule has 6 heteroatoms. The van der Waals surface area contributed by atoms with Crippen LogP contribution in [0.5, 0.6) is 0 Å². The summed E-state index contributed by atoms with van der Waals surface area (Å²) in [5.41, 5.74) is 7.75. The zero-order valence-electron chi connectivity index (χ0n) is 13.1. The first-order valence-electron chi connectivity index (χ1n) is 7.72. The zero-order chi connectivity index (χ0) is 16.2. The Hall–Kier alpha value is -2.08. The fraction of sp³-hybridized carbons (Fsp3) is 0.353. The van der Waals surface area contributed by atoms with Crippen LogP contribution in [0.2, 0.25) is 0 Å². The number of nitrogens with zero attached hydrogens (tertiary/aromatic N) is 3. The second kappa shape index (κ2) is 7.00. The van der Waals surface area contributed by atoms with Crippen LogP contribution in [0.3, 0.4) is 0 Å². The lowest BCUT2D eigenvalue weighted by Gasteiger charge is -2.31. The first-order valence-corrected chi connectivity index (χ1v) is 8.60. The number of thioether (sulfide) groups is 1. The number of hydrogen-bond acceptors (Lipinski definition) is 5. The molecule has 1 aromatic heterocycles. The lowest BCUT2D eigenvalue weighted by molar-refractivity contribution is -0.133. The third-order valence-corrected chi connectivity index (χ3v) is 4.91. The summed E-state index contributed by atoms with van der Waals surface area (Å²) in [7, 11) is 0. The molecule has 0 radical (unpaired) electrons. The van der Waals surface area contributed by atoms with Gasteiger partial charge < -0.3 is 10.6 Å². The number of likely N-dealkylation sites (tertiary alicyclic amines) is 1. The number of nitrogen functional groups attached to an aromatic ring is 1. The summed E-state index contributed by atoms with van der Waals surface area (Å²) in [5, 5.41) is 0.455. The van der Waals surface area contributed by atoms with Crippen molar-refractivity contribution in [1.29, 1.82) is 0 Å². The Morgan fingerprint density at radius 1 is 1.30 bits per heavy atom. The van der Waals surface area contributed by atoms with Crippen LogP contribution in [0.25, 0.3) is 0 Å². The van der Waals surface area contributed by atoms with Gasteiger partial charge in [-0.25, -0.2) is 9.97 Å². The van der Waals surface area contributed by atoms with E-state index in [4.69, 9.17) is 5.73 Å². The Bertz CT molecular complexity index is 672. The summed E-state index contributed by atoms with van der Waals surface area (Å²) in [6, 6.07) is 11.8. The molecule has 1 atom stereocenters. The highest BCUT2D eigenvalue weighted by molar-refractivity contribution is 8.00. The molecule has 3 rings (SSSR count). The summed E-state index contributed by atoms with van der Waals surface area (Å²) in [5.74, 6) is 0.609. The number of carbonyl (C=O) groups excluding carboxylic acids is 1. The molecule has 0 unspecified atom stereocenters. The highest BCUT2D eigenvalue weighted by atomic mass is 32.2. The lowest BCUT2D eigenvalue weighted by Crippen LogP contribution is -2.42. The predicted octanol–water partition coefficient (Wildman–Crippen LogP) is 2.65. The number of benzene rings is 1. The molecule has 2 aromatic rings. The maximum Gasteiger partial charge on any atom is 0.236 e. The first kappa shape index (κ1) is 15.8. The molecule has 1 aliphatic rings. The number of hydrogen-bond donors (Lipinski definition) is 1. The summed E-state index contributed by atoms with van der Waals surface area (Å²) in [4.78, 5) is 23.3. The Morgan fingerprint density at radius 3 is 2.83 bits per heavy atom. The van der Waals surface area contributed by atoms with Gasteiger partial charge in [-0.1, -0.05) is 42.1 Å². The number of carbonyl (C=O) groups is 1. The highest BCUT2D eigenvalue weighted by Crippen LogP contribution is 2.29. The molecule has 23 heavy (non-hydrogen) atoms. The number of piperidine rings is 1. The van der Waals surface area contributed by atoms with Gasteiger partial charge in [-0.3, -0.25) is 4.79 Å². The summed E-state index contributed by atoms with van der Waals surface area (Å²) in [6.45, 7) is 3.35. The number of nitrogens with two attached hydrogens (primary N) is 1. The second-order valence-corrected chi connectivity index (χ2v) is 6.88. The van der Waals surface area contributed by atoms with Crippen LogP contribution in [0.15, 0.2) is 41.6 Å². The molecule has 1 saturated heterocycles. The van der Waals surface area contributed by atoms with Gasteiger partial charge in [-0.2, -0.15) is 0 Å². The van der Waals surface area contributed by atoms with Gasteiger partial charge in [-0.05, 0) is 25.3 Å². The number of anilines is 1. The van der Waals surface area contributed by atoms with E-state index in [1.54, 1.807) is 6.07 Å². The first-order chi connectivity index (χ1) is 11.1. The lowest BCUT2D eigenvalue weighted by atomic mass is 10.1. The van der Waals surface area contributed by atoms with E-state index in [1.807, 2.05) is 30.0 Å². The molecular formula is C17H20N4OS. The van der Waals surface area contributed by atoms with Crippen LogP contribution >= 0.6 is 11.8 Å². The Kier molecular flexibility index (Phi) is 4.81. The molecular weight excluding hydrogens is 308 g/mol. The molecule has 1 amide bonds. The predicted molar refractivity (Wildman–Crippen MR) is 91.9 cm³/mol. The van der Waals surface area contributed by atoms with E-state index in [2.05, 4.69) is 22.1 Å². The monoisotopic (exact) mass is 328 g/mol. The van der Waals surface area contributed by atoms with Crippen LogP contribution < -0.4 is 5.73 Å². The van der Waals surface area contributed by atoms with Crippen molar-refractivity contribution in [3.63, 3.8) is 0 Å². The normalized spacial score (nSPS) is 18.2. The van der Waals surface area contributed by atoms with Crippen LogP contribution in [0.4, 0.5) is 5.82 Å². The third-order valence-electron chi connectivity index (χ3n) is 3.80. The summed E-state index contributed by atoms with van der Waals surface area (Å²) >= 11 is 1.42. The van der Waals surface area contributed by atoms with Crippen molar-refractivity contribution >= 4 is 23.5 Å². The fourth-order valence-corrected chi connectivity index (χ4v) is 3.86. The van der Waals surface area contributed by atoms with E-state index in [0.717, 1.165) is 30.6 Å². The SMILES string of the molecule is Cc1cc(N)nc(S[C@H]2CCCN(Cc3ccccc3)C2=O)n1. The number of amides is 1. The standard InChI is InChI=1S/C17H20N4OS/c1-12-10-15(18)20-17(19-12)23-14-8-5-9-21(16(14)22)11-13-6-3-2-4-7-13/h2-4,6-7,10,14H,5,8-9,11H2,1H3,(H2,18,19,20)/t14-/m0/s1. The third kappa shape index (κ3) is 4.01. The van der Waals surface area contributed by atoms with E-state index in [-0.39, 0.29) is 11.2 Å². The second-order valence-electron chi connectivity index (χ2n) is 5.71. The molecule has 0 aliphatic carbocycles. The Labute approximate surface area is 140 Å². The molecule has 1 aromatic carbocycles. The van der Waals surface area contributed by atoms with Crippen molar-refractivity contribution in [2.24, 2.45) is 0 Å². The van der Waals surface area contributed by atoms with E-state index >= 15 is 0 Å². The molecule has 0 saturated carbocycles. The molecule has 1 fully saturated rings. The Balaban J connectivity index is 1.69. The molecule has 0 bridgehead atoms. The van der Waals surface area contributed by atoms with Gasteiger partial charge >= 0.3 is 0 Å². The molecule has 5 nitrogen and oxygen atoms in total. The smallest absolute Gasteiger partial charge is 0.236 e. The average Bonchev–Trinajstić information content (AvgIpc) is 2.51. The molecule has 2 heterocycles. The topological polar surface area (TPSA) is 72.1 Å². The largest absolute Gasteiger partial charge is 0.384 e. The molecule has 1 aliphatic heterocycles. The maximum atomic E-state index is 12.7. The number of aryl methyl sites for hydroxylation is 1. The van der Waals surface area contributed by atoms with Crippen LogP contribution in [-0.4, -0.2) is 32.6 Å². The summed E-state index contributed by atoms with van der Waals surface area (Å²) in [6.07, 6.45) is 1.85. The van der Waals surface area contributed by atoms with Crippen molar-refractivity contribution in [3.8, 4) is 0 Å². The van der Waals surface area contributed by atoms with E-state index in [1.165, 1.54) is 11.8 Å². The maximum absolute atomic E-state index is 12.7. The van der Waals surface area contributed by atoms with Crippen molar-refractivity contribution in [1.82, 2.24) is 14.9 Å². The van der Waals surface area contributed by atoms with Gasteiger partial charge in [0, 0.05) is 24.8 Å². The minimum Gasteiger partial charge on any atom is -0.384 e. The van der Waals surface area contributed by atoms with Gasteiger partial charge in [0.15, 0.2) is 5.16 Å². The van der Waals surface area contributed by atoms with Gasteiger partial charge in [0.05, 0.1) is 5.25 Å². The van der Waals surface area contributed by atoms with Gasteiger partial charge in [0.25, 0.3) is 0 Å². The zero-order valence-corrected chi connectivity index (χ0v) is 13.9. The van der Waals surface area contributed by atoms with Crippen molar-refractivity contribution in [3.05, 3.63) is 47.7 Å². The number of aromatic nitrogens is 2. The van der Waals surface area contributed by atoms with Crippen LogP contribution in [0.1, 0.15) is 24.1 Å². The Morgan fingerprint density at radius 2 is 2.09 bits per heavy atom. The van der Waals surface area contributed by atoms with Crippen molar-refractivity contribution in [2.75, 3.05) is 12.3 Å². The van der Waals surface area contributed by atoms with E-state index in [0.29, 0.717) is 17.5 Å². The molecule has 120 valence electrons. The molecule has 0 spiro atoms. The van der Waals surface area contributed by atoms with Gasteiger partial charge in [-0.15, -0.1) is 0 Å². The number of rotatable bonds is 4. The van der Waals surface area contributed by atoms with E-state index < -0.39 is 0 Å². The summed E-state index contributed by atoms with van der Waals surface area (Å²) < 4.78 is 0. The van der Waals surface area contributed by atoms with Gasteiger partial charge in [0.1, 0.15) is 5.82 Å². The van der Waals surface area contributed by atoms with Crippen LogP contribution in [-0.2, 0) is 11.3 Å². The molecule has 2 N–H and O–H groups in total. The quantitative estimate of drug-likeness (QED) is 0.874. The van der Waals surface area contributed by atoms with Crippen molar-refractivity contribution in [2.45, 2.75) is 36.7 Å². The minimum atomic E-state index is -0.131. The van der Waals surface area contributed by atoms with E-state index in [9.17, 15) is 4.79 Å². The van der Waals surface area contributed by atoms with Gasteiger partial charge in [0.2, 0.25) is 5.91 Å². The van der Waals surface area contributed by atoms with Crippen LogP contribution in [0, 0.1) is 6.92 Å². The minimum absolute atomic E-state index is 0.131.